The number of imidazole rings is 1. The minimum Gasteiger partial charge on any atom is -0.347 e. The van der Waals surface area contributed by atoms with Crippen LogP contribution in [0.5, 0.6) is 0 Å². The van der Waals surface area contributed by atoms with Gasteiger partial charge in [0.1, 0.15) is 5.82 Å². The Morgan fingerprint density at radius 1 is 1.41 bits per heavy atom. The highest BCUT2D eigenvalue weighted by Crippen LogP contribution is 2.27. The lowest BCUT2D eigenvalue weighted by Gasteiger charge is -2.17. The molecule has 6 heteroatoms. The predicted molar refractivity (Wildman–Crippen MR) is 68.1 cm³/mol. The van der Waals surface area contributed by atoms with Gasteiger partial charge in [-0.1, -0.05) is 12.2 Å². The summed E-state index contributed by atoms with van der Waals surface area (Å²) in [5.74, 6) is 0.834. The summed E-state index contributed by atoms with van der Waals surface area (Å²) in [7, 11) is 0. The second-order valence-electron chi connectivity index (χ2n) is 3.86. The van der Waals surface area contributed by atoms with Crippen LogP contribution in [0.2, 0.25) is 0 Å². The zero-order valence-corrected chi connectivity index (χ0v) is 9.75. The van der Waals surface area contributed by atoms with Crippen LogP contribution in [0.15, 0.2) is 29.5 Å². The minimum atomic E-state index is -0.0632. The standard InChI is InChI=1S/C11H10N4OS/c16-11-7-5-10(17)15(8(7)1-2-14-11)6-9-12-3-4-13-9/h1-4H,5-6H2,(H,12,13)(H,14,16). The van der Waals surface area contributed by atoms with Crippen molar-refractivity contribution in [2.24, 2.45) is 0 Å². The molecular formula is C11H10N4OS. The lowest BCUT2D eigenvalue weighted by molar-refractivity contribution is 0.927. The fourth-order valence-corrected chi connectivity index (χ4v) is 2.32. The molecule has 2 aromatic rings. The molecule has 2 N–H and O–H groups in total. The van der Waals surface area contributed by atoms with Crippen molar-refractivity contribution < 1.29 is 0 Å². The van der Waals surface area contributed by atoms with E-state index in [1.165, 1.54) is 0 Å². The van der Waals surface area contributed by atoms with Crippen molar-refractivity contribution in [3.8, 4) is 0 Å². The Bertz CT molecular complexity index is 617. The molecule has 5 nitrogen and oxygen atoms in total. The SMILES string of the molecule is O=c1[nH]ccc2c1CC(=S)N2Cc1ncc[nH]1. The number of H-pyrrole nitrogens is 2. The molecule has 0 aromatic carbocycles. The third-order valence-corrected chi connectivity index (χ3v) is 3.19. The molecular weight excluding hydrogens is 236 g/mol. The number of pyridine rings is 1. The zero-order valence-electron chi connectivity index (χ0n) is 8.93. The molecule has 3 heterocycles. The summed E-state index contributed by atoms with van der Waals surface area (Å²) >= 11 is 5.31. The summed E-state index contributed by atoms with van der Waals surface area (Å²) in [6, 6.07) is 1.87. The van der Waals surface area contributed by atoms with E-state index in [9.17, 15) is 4.79 Å². The Kier molecular flexibility index (Phi) is 2.29. The second kappa shape index (κ2) is 3.81. The molecule has 0 aliphatic carbocycles. The molecule has 0 amide bonds. The molecule has 3 rings (SSSR count). The summed E-state index contributed by atoms with van der Waals surface area (Å²) in [4.78, 5) is 24.2. The normalized spacial score (nSPS) is 14.1. The molecule has 0 saturated heterocycles. The first kappa shape index (κ1) is 10.2. The second-order valence-corrected chi connectivity index (χ2v) is 4.33. The molecule has 17 heavy (non-hydrogen) atoms. The monoisotopic (exact) mass is 246 g/mol. The summed E-state index contributed by atoms with van der Waals surface area (Å²) in [5, 5.41) is 0. The summed E-state index contributed by atoms with van der Waals surface area (Å²) < 4.78 is 0. The van der Waals surface area contributed by atoms with Crippen molar-refractivity contribution in [1.82, 2.24) is 15.0 Å². The van der Waals surface area contributed by atoms with Crippen LogP contribution in [0, 0.1) is 0 Å². The number of aromatic nitrogens is 3. The fourth-order valence-electron chi connectivity index (χ4n) is 2.01. The van der Waals surface area contributed by atoms with E-state index < -0.39 is 0 Å². The van der Waals surface area contributed by atoms with Gasteiger partial charge in [-0.2, -0.15) is 0 Å². The Balaban J connectivity index is 2.00. The Morgan fingerprint density at radius 3 is 3.06 bits per heavy atom. The maximum atomic E-state index is 11.6. The van der Waals surface area contributed by atoms with E-state index in [4.69, 9.17) is 12.2 Å². The Morgan fingerprint density at radius 2 is 2.29 bits per heavy atom. The first-order valence-corrected chi connectivity index (χ1v) is 5.66. The molecule has 0 unspecified atom stereocenters. The van der Waals surface area contributed by atoms with Gasteiger partial charge in [0.2, 0.25) is 0 Å². The maximum Gasteiger partial charge on any atom is 0.253 e. The number of nitrogens with one attached hydrogen (secondary N) is 2. The van der Waals surface area contributed by atoms with Gasteiger partial charge in [-0.05, 0) is 6.07 Å². The van der Waals surface area contributed by atoms with Crippen molar-refractivity contribution in [3.05, 3.63) is 46.4 Å². The number of aromatic amines is 2. The number of thiocarbonyl (C=S) groups is 1. The van der Waals surface area contributed by atoms with Gasteiger partial charge in [-0.3, -0.25) is 4.79 Å². The molecule has 1 aliphatic rings. The van der Waals surface area contributed by atoms with E-state index in [-0.39, 0.29) is 5.56 Å². The number of fused-ring (bicyclic) bond motifs is 1. The number of rotatable bonds is 2. The predicted octanol–water partition coefficient (Wildman–Crippen LogP) is 0.988. The van der Waals surface area contributed by atoms with Crippen LogP contribution < -0.4 is 10.5 Å². The van der Waals surface area contributed by atoms with Crippen LogP contribution in [0.3, 0.4) is 0 Å². The third-order valence-electron chi connectivity index (χ3n) is 2.82. The maximum absolute atomic E-state index is 11.6. The number of hydrogen-bond acceptors (Lipinski definition) is 3. The first-order valence-electron chi connectivity index (χ1n) is 5.25. The van der Waals surface area contributed by atoms with Crippen LogP contribution in [0.25, 0.3) is 0 Å². The van der Waals surface area contributed by atoms with Gasteiger partial charge >= 0.3 is 0 Å². The van der Waals surface area contributed by atoms with Crippen LogP contribution in [-0.2, 0) is 13.0 Å². The highest BCUT2D eigenvalue weighted by Gasteiger charge is 2.26. The van der Waals surface area contributed by atoms with Crippen molar-refractivity contribution in [2.45, 2.75) is 13.0 Å². The third kappa shape index (κ3) is 1.66. The van der Waals surface area contributed by atoms with Gasteiger partial charge in [0, 0.05) is 30.6 Å². The topological polar surface area (TPSA) is 64.8 Å². The van der Waals surface area contributed by atoms with E-state index in [1.807, 2.05) is 11.0 Å². The number of hydrogen-bond donors (Lipinski definition) is 2. The van der Waals surface area contributed by atoms with Crippen LogP contribution >= 0.6 is 12.2 Å². The van der Waals surface area contributed by atoms with E-state index in [2.05, 4.69) is 15.0 Å². The number of anilines is 1. The zero-order chi connectivity index (χ0) is 11.8. The molecule has 2 aromatic heterocycles. The van der Waals surface area contributed by atoms with E-state index in [0.717, 1.165) is 22.1 Å². The van der Waals surface area contributed by atoms with Gasteiger partial charge in [0.15, 0.2) is 0 Å². The van der Waals surface area contributed by atoms with Crippen LogP contribution in [0.4, 0.5) is 5.69 Å². The van der Waals surface area contributed by atoms with Crippen LogP contribution in [-0.4, -0.2) is 19.9 Å². The Labute approximate surface area is 103 Å². The smallest absolute Gasteiger partial charge is 0.253 e. The molecule has 0 fully saturated rings. The highest BCUT2D eigenvalue weighted by atomic mass is 32.1. The van der Waals surface area contributed by atoms with Crippen molar-refractivity contribution >= 4 is 22.9 Å². The Hall–Kier alpha value is -1.95. The largest absolute Gasteiger partial charge is 0.347 e. The molecule has 86 valence electrons. The van der Waals surface area contributed by atoms with Gasteiger partial charge in [0.05, 0.1) is 17.2 Å². The molecule has 0 spiro atoms. The molecule has 1 aliphatic heterocycles. The molecule has 0 atom stereocenters. The van der Waals surface area contributed by atoms with Gasteiger partial charge in [0.25, 0.3) is 5.56 Å². The number of nitrogens with zero attached hydrogens (tertiary/aromatic N) is 2. The van der Waals surface area contributed by atoms with E-state index in [0.29, 0.717) is 13.0 Å². The summed E-state index contributed by atoms with van der Waals surface area (Å²) in [6.45, 7) is 0.572. The lowest BCUT2D eigenvalue weighted by atomic mass is 10.2. The van der Waals surface area contributed by atoms with Gasteiger partial charge < -0.3 is 14.9 Å². The highest BCUT2D eigenvalue weighted by molar-refractivity contribution is 7.80. The molecule has 0 radical (unpaired) electrons. The quantitative estimate of drug-likeness (QED) is 0.776. The first-order chi connectivity index (χ1) is 8.25. The van der Waals surface area contributed by atoms with Gasteiger partial charge in [-0.25, -0.2) is 4.98 Å². The minimum absolute atomic E-state index is 0.0632. The van der Waals surface area contributed by atoms with Crippen molar-refractivity contribution in [1.29, 1.82) is 0 Å². The van der Waals surface area contributed by atoms with E-state index >= 15 is 0 Å². The summed E-state index contributed by atoms with van der Waals surface area (Å²) in [5.41, 5.74) is 1.56. The lowest BCUT2D eigenvalue weighted by Crippen LogP contribution is -2.25. The molecule has 0 bridgehead atoms. The summed E-state index contributed by atoms with van der Waals surface area (Å²) in [6.07, 6.45) is 5.64. The molecule has 0 saturated carbocycles. The fraction of sp³-hybridized carbons (Fsp3) is 0.182. The van der Waals surface area contributed by atoms with Crippen molar-refractivity contribution in [3.63, 3.8) is 0 Å². The van der Waals surface area contributed by atoms with Crippen molar-refractivity contribution in [2.75, 3.05) is 4.90 Å². The average Bonchev–Trinajstić information content (AvgIpc) is 2.91. The van der Waals surface area contributed by atoms with Crippen LogP contribution in [0.1, 0.15) is 11.4 Å². The van der Waals surface area contributed by atoms with Gasteiger partial charge in [-0.15, -0.1) is 0 Å². The van der Waals surface area contributed by atoms with E-state index in [1.54, 1.807) is 18.6 Å². The average molecular weight is 246 g/mol.